The molecule has 180 valence electrons. The molecule has 3 aliphatic heterocycles. The Bertz CT molecular complexity index is 871. The van der Waals surface area contributed by atoms with E-state index in [1.165, 1.54) is 0 Å². The minimum atomic E-state index is -0.580. The number of carbonyl (C=O) groups is 3. The van der Waals surface area contributed by atoms with Gasteiger partial charge in [-0.1, -0.05) is 0 Å². The van der Waals surface area contributed by atoms with Gasteiger partial charge in [-0.15, -0.1) is 0 Å². The number of benzene rings is 1. The van der Waals surface area contributed by atoms with Crippen LogP contribution in [-0.2, 0) is 25.6 Å². The molecule has 1 aromatic rings. The fourth-order valence-electron chi connectivity index (χ4n) is 4.59. The lowest BCUT2D eigenvalue weighted by Crippen LogP contribution is -2.52. The van der Waals surface area contributed by atoms with Crippen LogP contribution in [-0.4, -0.2) is 99.3 Å². The number of hydrogen-bond donors (Lipinski definition) is 2. The molecule has 0 aromatic heterocycles. The van der Waals surface area contributed by atoms with Crippen molar-refractivity contribution < 1.29 is 23.9 Å². The number of rotatable bonds is 10. The lowest BCUT2D eigenvalue weighted by molar-refractivity contribution is -0.136. The lowest BCUT2D eigenvalue weighted by Gasteiger charge is -2.36. The van der Waals surface area contributed by atoms with E-state index in [4.69, 9.17) is 15.2 Å². The predicted molar refractivity (Wildman–Crippen MR) is 122 cm³/mol. The molecule has 3 heterocycles. The van der Waals surface area contributed by atoms with Gasteiger partial charge in [0.25, 0.3) is 5.91 Å². The van der Waals surface area contributed by atoms with Crippen molar-refractivity contribution in [3.05, 3.63) is 29.3 Å². The molecule has 1 unspecified atom stereocenters. The number of hydrogen-bond acceptors (Lipinski definition) is 8. The average Bonchev–Trinajstić information content (AvgIpc) is 3.14. The largest absolute Gasteiger partial charge is 0.378 e. The smallest absolute Gasteiger partial charge is 0.255 e. The summed E-state index contributed by atoms with van der Waals surface area (Å²) in [6, 6.07) is 5.35. The van der Waals surface area contributed by atoms with Gasteiger partial charge in [0.1, 0.15) is 6.04 Å². The van der Waals surface area contributed by atoms with Gasteiger partial charge in [-0.3, -0.25) is 24.6 Å². The number of nitrogens with two attached hydrogens (primary N) is 1. The summed E-state index contributed by atoms with van der Waals surface area (Å²) < 4.78 is 10.9. The minimum Gasteiger partial charge on any atom is -0.378 e. The highest BCUT2D eigenvalue weighted by Gasteiger charge is 2.39. The van der Waals surface area contributed by atoms with Gasteiger partial charge in [0.05, 0.1) is 26.4 Å². The maximum absolute atomic E-state index is 12.9. The fraction of sp³-hybridized carbons (Fsp3) is 0.609. The van der Waals surface area contributed by atoms with Gasteiger partial charge in [0.2, 0.25) is 11.8 Å². The summed E-state index contributed by atoms with van der Waals surface area (Å²) in [5.74, 6) is -0.787. The van der Waals surface area contributed by atoms with Crippen molar-refractivity contribution in [2.75, 3.05) is 70.6 Å². The SMILES string of the molecule is NCCOCCOCCN1CCN(c2ccc3c(c2)CN(C2CCC(=O)NC2=O)C3=O)CC1. The molecule has 1 aromatic carbocycles. The van der Waals surface area contributed by atoms with Crippen LogP contribution in [0.1, 0.15) is 28.8 Å². The molecule has 3 aliphatic rings. The molecular formula is C23H33N5O5. The number of fused-ring (bicyclic) bond motifs is 1. The van der Waals surface area contributed by atoms with Gasteiger partial charge < -0.3 is 25.0 Å². The quantitative estimate of drug-likeness (QED) is 0.357. The Morgan fingerprint density at radius 2 is 1.76 bits per heavy atom. The van der Waals surface area contributed by atoms with Crippen LogP contribution < -0.4 is 16.0 Å². The molecule has 0 saturated carbocycles. The Hall–Kier alpha value is -2.53. The monoisotopic (exact) mass is 459 g/mol. The van der Waals surface area contributed by atoms with Gasteiger partial charge in [-0.25, -0.2) is 0 Å². The average molecular weight is 460 g/mol. The summed E-state index contributed by atoms with van der Waals surface area (Å²) in [5, 5.41) is 2.35. The summed E-state index contributed by atoms with van der Waals surface area (Å²) in [7, 11) is 0. The number of amides is 3. The fourth-order valence-corrected chi connectivity index (χ4v) is 4.59. The number of piperidine rings is 1. The molecule has 3 N–H and O–H groups in total. The molecule has 4 rings (SSSR count). The van der Waals surface area contributed by atoms with Gasteiger partial charge in [-0.2, -0.15) is 0 Å². The van der Waals surface area contributed by atoms with E-state index in [0.29, 0.717) is 51.5 Å². The van der Waals surface area contributed by atoms with Crippen LogP contribution in [0.2, 0.25) is 0 Å². The van der Waals surface area contributed by atoms with Crippen molar-refractivity contribution in [3.63, 3.8) is 0 Å². The Labute approximate surface area is 193 Å². The highest BCUT2D eigenvalue weighted by Crippen LogP contribution is 2.30. The summed E-state index contributed by atoms with van der Waals surface area (Å²) in [6.07, 6.45) is 0.642. The third-order valence-electron chi connectivity index (χ3n) is 6.43. The van der Waals surface area contributed by atoms with Crippen LogP contribution in [0.5, 0.6) is 0 Å². The van der Waals surface area contributed by atoms with E-state index in [0.717, 1.165) is 44.0 Å². The first-order valence-corrected chi connectivity index (χ1v) is 11.7. The van der Waals surface area contributed by atoms with Gasteiger partial charge in [0, 0.05) is 63.5 Å². The highest BCUT2D eigenvalue weighted by atomic mass is 16.5. The Balaban J connectivity index is 1.25. The summed E-state index contributed by atoms with van der Waals surface area (Å²) in [6.45, 7) is 7.95. The zero-order chi connectivity index (χ0) is 23.2. The van der Waals surface area contributed by atoms with E-state index in [9.17, 15) is 14.4 Å². The van der Waals surface area contributed by atoms with Crippen LogP contribution in [0.4, 0.5) is 5.69 Å². The second kappa shape index (κ2) is 11.1. The van der Waals surface area contributed by atoms with Crippen LogP contribution in [0.25, 0.3) is 0 Å². The maximum atomic E-state index is 12.9. The second-order valence-electron chi connectivity index (χ2n) is 8.58. The van der Waals surface area contributed by atoms with Crippen LogP contribution in [0.3, 0.4) is 0 Å². The van der Waals surface area contributed by atoms with E-state index in [1.54, 1.807) is 4.90 Å². The lowest BCUT2D eigenvalue weighted by atomic mass is 10.0. The molecule has 2 saturated heterocycles. The topological polar surface area (TPSA) is 117 Å². The summed E-state index contributed by atoms with van der Waals surface area (Å²) >= 11 is 0. The highest BCUT2D eigenvalue weighted by molar-refractivity contribution is 6.05. The molecule has 10 heteroatoms. The van der Waals surface area contributed by atoms with Crippen molar-refractivity contribution >= 4 is 23.4 Å². The van der Waals surface area contributed by atoms with E-state index in [1.807, 2.05) is 12.1 Å². The maximum Gasteiger partial charge on any atom is 0.255 e. The number of imide groups is 1. The predicted octanol–water partition coefficient (Wildman–Crippen LogP) is -0.438. The molecule has 3 amide bonds. The number of ether oxygens (including phenoxy) is 2. The van der Waals surface area contributed by atoms with E-state index in [-0.39, 0.29) is 24.1 Å². The van der Waals surface area contributed by atoms with E-state index < -0.39 is 6.04 Å². The van der Waals surface area contributed by atoms with Crippen molar-refractivity contribution in [2.45, 2.75) is 25.4 Å². The first-order chi connectivity index (χ1) is 16.1. The molecule has 2 fully saturated rings. The third kappa shape index (κ3) is 5.70. The number of piperazine rings is 1. The van der Waals surface area contributed by atoms with Crippen molar-refractivity contribution in [1.29, 1.82) is 0 Å². The van der Waals surface area contributed by atoms with Gasteiger partial charge in [0.15, 0.2) is 0 Å². The molecule has 0 radical (unpaired) electrons. The first kappa shape index (κ1) is 23.6. The first-order valence-electron chi connectivity index (χ1n) is 11.7. The number of nitrogens with zero attached hydrogens (tertiary/aromatic N) is 3. The second-order valence-corrected chi connectivity index (χ2v) is 8.58. The van der Waals surface area contributed by atoms with Gasteiger partial charge >= 0.3 is 0 Å². The standard InChI is InChI=1S/C23H33N5O5/c24-5-11-32-13-14-33-12-10-26-6-8-27(9-7-26)18-1-2-19-17(15-18)16-28(23(19)31)20-3-4-21(29)25-22(20)30/h1-2,15,20H,3-14,16,24H2,(H,25,29,30). The minimum absolute atomic E-state index is 0.135. The van der Waals surface area contributed by atoms with Crippen molar-refractivity contribution in [1.82, 2.24) is 15.1 Å². The number of anilines is 1. The molecule has 0 aliphatic carbocycles. The van der Waals surface area contributed by atoms with Crippen LogP contribution in [0.15, 0.2) is 18.2 Å². The number of carbonyl (C=O) groups excluding carboxylic acids is 3. The molecule has 1 atom stereocenters. The molecule has 10 nitrogen and oxygen atoms in total. The number of nitrogens with one attached hydrogen (secondary N) is 1. The summed E-state index contributed by atoms with van der Waals surface area (Å²) in [4.78, 5) is 42.8. The molecule has 0 spiro atoms. The zero-order valence-corrected chi connectivity index (χ0v) is 19.0. The Kier molecular flexibility index (Phi) is 7.92. The molecule has 33 heavy (non-hydrogen) atoms. The summed E-state index contributed by atoms with van der Waals surface area (Å²) in [5.41, 5.74) is 8.07. The van der Waals surface area contributed by atoms with Crippen molar-refractivity contribution in [3.8, 4) is 0 Å². The Morgan fingerprint density at radius 3 is 2.48 bits per heavy atom. The normalized spacial score (nSPS) is 21.5. The van der Waals surface area contributed by atoms with Crippen molar-refractivity contribution in [2.24, 2.45) is 5.73 Å². The molecular weight excluding hydrogens is 426 g/mol. The zero-order valence-electron chi connectivity index (χ0n) is 19.0. The molecule has 0 bridgehead atoms. The van der Waals surface area contributed by atoms with Gasteiger partial charge in [-0.05, 0) is 30.2 Å². The Morgan fingerprint density at radius 1 is 1.00 bits per heavy atom. The van der Waals surface area contributed by atoms with Crippen LogP contribution >= 0.6 is 0 Å². The van der Waals surface area contributed by atoms with Crippen LogP contribution in [0, 0.1) is 0 Å². The third-order valence-corrected chi connectivity index (χ3v) is 6.43. The van der Waals surface area contributed by atoms with E-state index >= 15 is 0 Å². The van der Waals surface area contributed by atoms with E-state index in [2.05, 4.69) is 21.2 Å².